The van der Waals surface area contributed by atoms with E-state index in [1.165, 1.54) is 6.08 Å². The summed E-state index contributed by atoms with van der Waals surface area (Å²) in [5.74, 6) is -1.36. The van der Waals surface area contributed by atoms with E-state index >= 15 is 0 Å². The minimum atomic E-state index is -0.984. The van der Waals surface area contributed by atoms with Gasteiger partial charge >= 0.3 is 5.97 Å². The number of allylic oxidation sites excluding steroid dienone is 1. The van der Waals surface area contributed by atoms with Gasteiger partial charge in [0.25, 0.3) is 0 Å². The van der Waals surface area contributed by atoms with Crippen molar-refractivity contribution in [3.05, 3.63) is 47.7 Å². The fourth-order valence-corrected chi connectivity index (χ4v) is 1.79. The highest BCUT2D eigenvalue weighted by atomic mass is 16.4. The van der Waals surface area contributed by atoms with Crippen molar-refractivity contribution in [1.29, 1.82) is 0 Å². The first-order valence-corrected chi connectivity index (χ1v) is 6.63. The summed E-state index contributed by atoms with van der Waals surface area (Å²) in [6.07, 6.45) is 1.59. The van der Waals surface area contributed by atoms with Crippen LogP contribution in [-0.2, 0) is 16.0 Å². The molecule has 21 heavy (non-hydrogen) atoms. The topological polar surface area (TPSA) is 98.7 Å². The second kappa shape index (κ2) is 8.76. The maximum absolute atomic E-state index is 11.4. The van der Waals surface area contributed by atoms with Crippen molar-refractivity contribution in [3.63, 3.8) is 0 Å². The van der Waals surface area contributed by atoms with Crippen LogP contribution < -0.4 is 10.6 Å². The first kappa shape index (κ1) is 16.7. The van der Waals surface area contributed by atoms with Crippen molar-refractivity contribution in [2.75, 3.05) is 13.2 Å². The number of rotatable bonds is 8. The van der Waals surface area contributed by atoms with Gasteiger partial charge in [0.2, 0.25) is 5.91 Å². The lowest BCUT2D eigenvalue weighted by Crippen LogP contribution is -2.38. The number of aliphatic hydroxyl groups excluding tert-OH is 1. The van der Waals surface area contributed by atoms with Crippen molar-refractivity contribution in [2.45, 2.75) is 19.4 Å². The molecule has 1 atom stereocenters. The Balaban J connectivity index is 2.64. The number of carbonyl (C=O) groups is 2. The van der Waals surface area contributed by atoms with E-state index in [0.717, 1.165) is 5.56 Å². The second-order valence-electron chi connectivity index (χ2n) is 4.57. The predicted octanol–water partition coefficient (Wildman–Crippen LogP) is 0.284. The molecule has 6 nitrogen and oxygen atoms in total. The van der Waals surface area contributed by atoms with E-state index < -0.39 is 12.0 Å². The average molecular weight is 292 g/mol. The molecule has 1 amide bonds. The van der Waals surface area contributed by atoms with Crippen molar-refractivity contribution in [2.24, 2.45) is 0 Å². The summed E-state index contributed by atoms with van der Waals surface area (Å²) in [7, 11) is 0. The van der Waals surface area contributed by atoms with Crippen LogP contribution in [0.15, 0.2) is 42.1 Å². The third-order valence-corrected chi connectivity index (χ3v) is 2.74. The molecular formula is C15H20N2O4. The van der Waals surface area contributed by atoms with Gasteiger partial charge in [-0.05, 0) is 12.5 Å². The highest BCUT2D eigenvalue weighted by Gasteiger charge is 2.17. The Kier molecular flexibility index (Phi) is 6.97. The molecular weight excluding hydrogens is 272 g/mol. The van der Waals surface area contributed by atoms with Gasteiger partial charge in [0.1, 0.15) is 6.04 Å². The van der Waals surface area contributed by atoms with Crippen LogP contribution in [0, 0.1) is 0 Å². The molecule has 0 aliphatic carbocycles. The molecule has 0 unspecified atom stereocenters. The van der Waals surface area contributed by atoms with Crippen LogP contribution in [0.2, 0.25) is 0 Å². The quantitative estimate of drug-likeness (QED) is 0.516. The third-order valence-electron chi connectivity index (χ3n) is 2.74. The van der Waals surface area contributed by atoms with Crippen LogP contribution in [0.5, 0.6) is 0 Å². The number of hydrogen-bond acceptors (Lipinski definition) is 4. The number of carboxylic acid groups (broad SMARTS) is 1. The number of nitrogens with one attached hydrogen (secondary N) is 2. The number of aliphatic carboxylic acids is 1. The van der Waals surface area contributed by atoms with Gasteiger partial charge < -0.3 is 20.8 Å². The van der Waals surface area contributed by atoms with Gasteiger partial charge in [0.15, 0.2) is 0 Å². The second-order valence-corrected chi connectivity index (χ2v) is 4.57. The molecule has 0 saturated carbocycles. The largest absolute Gasteiger partial charge is 0.480 e. The van der Waals surface area contributed by atoms with Gasteiger partial charge in [-0.2, -0.15) is 0 Å². The van der Waals surface area contributed by atoms with E-state index in [9.17, 15) is 14.7 Å². The molecule has 0 fully saturated rings. The highest BCUT2D eigenvalue weighted by Crippen LogP contribution is 2.05. The Bertz CT molecular complexity index is 500. The third kappa shape index (κ3) is 6.58. The van der Waals surface area contributed by atoms with Gasteiger partial charge in [0, 0.05) is 24.7 Å². The fraction of sp³-hybridized carbons (Fsp3) is 0.333. The summed E-state index contributed by atoms with van der Waals surface area (Å²) in [6, 6.07) is 8.45. The van der Waals surface area contributed by atoms with E-state index in [4.69, 9.17) is 5.11 Å². The van der Waals surface area contributed by atoms with Crippen LogP contribution in [0.1, 0.15) is 12.5 Å². The van der Waals surface area contributed by atoms with E-state index in [-0.39, 0.29) is 19.1 Å². The van der Waals surface area contributed by atoms with Crippen LogP contribution in [0.25, 0.3) is 0 Å². The number of amides is 1. The van der Waals surface area contributed by atoms with Crippen LogP contribution in [0.4, 0.5) is 0 Å². The first-order valence-electron chi connectivity index (χ1n) is 6.63. The molecule has 0 aliphatic rings. The van der Waals surface area contributed by atoms with Gasteiger partial charge in [-0.3, -0.25) is 4.79 Å². The molecule has 0 heterocycles. The molecule has 114 valence electrons. The van der Waals surface area contributed by atoms with E-state index in [2.05, 4.69) is 10.6 Å². The Morgan fingerprint density at radius 2 is 1.95 bits per heavy atom. The zero-order chi connectivity index (χ0) is 15.7. The van der Waals surface area contributed by atoms with Crippen molar-refractivity contribution < 1.29 is 19.8 Å². The maximum atomic E-state index is 11.4. The molecule has 0 aliphatic heterocycles. The van der Waals surface area contributed by atoms with Crippen LogP contribution >= 0.6 is 0 Å². The Hall–Kier alpha value is -2.34. The van der Waals surface area contributed by atoms with Gasteiger partial charge in [-0.1, -0.05) is 30.3 Å². The molecule has 4 N–H and O–H groups in total. The number of aliphatic hydroxyl groups is 1. The minimum Gasteiger partial charge on any atom is -0.480 e. The van der Waals surface area contributed by atoms with E-state index in [1.807, 2.05) is 30.3 Å². The summed E-state index contributed by atoms with van der Waals surface area (Å²) in [5.41, 5.74) is 1.35. The zero-order valence-corrected chi connectivity index (χ0v) is 11.9. The first-order chi connectivity index (χ1) is 10.0. The van der Waals surface area contributed by atoms with Gasteiger partial charge in [-0.15, -0.1) is 0 Å². The molecule has 0 saturated heterocycles. The fourth-order valence-electron chi connectivity index (χ4n) is 1.79. The summed E-state index contributed by atoms with van der Waals surface area (Å²) in [6.45, 7) is 1.65. The van der Waals surface area contributed by atoms with Crippen LogP contribution in [0.3, 0.4) is 0 Å². The summed E-state index contributed by atoms with van der Waals surface area (Å²) < 4.78 is 0. The van der Waals surface area contributed by atoms with Crippen molar-refractivity contribution >= 4 is 11.9 Å². The zero-order valence-electron chi connectivity index (χ0n) is 11.9. The monoisotopic (exact) mass is 292 g/mol. The molecule has 6 heteroatoms. The van der Waals surface area contributed by atoms with Gasteiger partial charge in [-0.25, -0.2) is 4.79 Å². The highest BCUT2D eigenvalue weighted by molar-refractivity contribution is 5.88. The number of benzene rings is 1. The lowest BCUT2D eigenvalue weighted by Gasteiger charge is -2.16. The lowest BCUT2D eigenvalue weighted by atomic mass is 10.1. The SMILES string of the molecule is C/C(=C\C(=O)NCCO)N[C@@H](Cc1ccccc1)C(=O)O. The standard InChI is InChI=1S/C15H20N2O4/c1-11(9-14(19)16-7-8-18)17-13(15(20)21)10-12-5-3-2-4-6-12/h2-6,9,13,17-18H,7-8,10H2,1H3,(H,16,19)(H,20,21)/b11-9+/t13-/m0/s1. The summed E-state index contributed by atoms with van der Waals surface area (Å²) >= 11 is 0. The lowest BCUT2D eigenvalue weighted by molar-refractivity contribution is -0.139. The Morgan fingerprint density at radius 1 is 1.29 bits per heavy atom. The number of carboxylic acids is 1. The Morgan fingerprint density at radius 3 is 2.52 bits per heavy atom. The average Bonchev–Trinajstić information content (AvgIpc) is 2.45. The molecule has 1 aromatic rings. The normalized spacial score (nSPS) is 12.6. The maximum Gasteiger partial charge on any atom is 0.326 e. The molecule has 1 aromatic carbocycles. The van der Waals surface area contributed by atoms with Crippen LogP contribution in [-0.4, -0.2) is 41.3 Å². The van der Waals surface area contributed by atoms with E-state index in [1.54, 1.807) is 6.92 Å². The molecule has 0 radical (unpaired) electrons. The molecule has 0 spiro atoms. The van der Waals surface area contributed by atoms with Crippen molar-refractivity contribution in [1.82, 2.24) is 10.6 Å². The number of carbonyl (C=O) groups excluding carboxylic acids is 1. The predicted molar refractivity (Wildman–Crippen MR) is 78.6 cm³/mol. The number of hydrogen-bond donors (Lipinski definition) is 4. The molecule has 0 aromatic heterocycles. The smallest absolute Gasteiger partial charge is 0.326 e. The minimum absolute atomic E-state index is 0.141. The molecule has 1 rings (SSSR count). The van der Waals surface area contributed by atoms with Gasteiger partial charge in [0.05, 0.1) is 6.61 Å². The Labute approximate surface area is 123 Å². The van der Waals surface area contributed by atoms with Crippen molar-refractivity contribution in [3.8, 4) is 0 Å². The molecule has 0 bridgehead atoms. The summed E-state index contributed by atoms with van der Waals surface area (Å²) in [4.78, 5) is 22.7. The summed E-state index contributed by atoms with van der Waals surface area (Å²) in [5, 5.41) is 23.1. The van der Waals surface area contributed by atoms with E-state index in [0.29, 0.717) is 12.1 Å².